The fourth-order valence-corrected chi connectivity index (χ4v) is 3.36. The van der Waals surface area contributed by atoms with Gasteiger partial charge in [-0.1, -0.05) is 11.3 Å². The lowest BCUT2D eigenvalue weighted by atomic mass is 10.3. The third-order valence-electron chi connectivity index (χ3n) is 3.90. The summed E-state index contributed by atoms with van der Waals surface area (Å²) < 4.78 is 0.956. The number of nitrogens with one attached hydrogen (secondary N) is 2. The Kier molecular flexibility index (Phi) is 6.03. The molecular formula is C16H23N5O3S. The monoisotopic (exact) mass is 365 g/mol. The molecule has 0 spiro atoms. The number of anilines is 1. The molecule has 2 aromatic rings. The Hall–Kier alpha value is -1.94. The molecule has 2 heterocycles. The van der Waals surface area contributed by atoms with E-state index in [9.17, 15) is 4.79 Å². The van der Waals surface area contributed by atoms with Gasteiger partial charge in [0, 0.05) is 45.4 Å². The lowest BCUT2D eigenvalue weighted by Gasteiger charge is -2.31. The summed E-state index contributed by atoms with van der Waals surface area (Å²) in [5, 5.41) is 16.6. The van der Waals surface area contributed by atoms with Crippen LogP contribution in [0, 0.1) is 0 Å². The van der Waals surface area contributed by atoms with Crippen molar-refractivity contribution in [3.63, 3.8) is 0 Å². The highest BCUT2D eigenvalue weighted by molar-refractivity contribution is 7.22. The molecule has 1 saturated heterocycles. The molecule has 0 unspecified atom stereocenters. The standard InChI is InChI=1S/C16H23N5O3S/c1-20-6-8-21(9-7-20)24-12-3-4-13-14(11-12)25-16(18-13)19-15(23)17-5-2-10-22/h3-4,11,22H,2,5-10H2,1H3,(H2,17,18,19,23). The molecule has 136 valence electrons. The summed E-state index contributed by atoms with van der Waals surface area (Å²) in [7, 11) is 2.11. The number of carbonyl (C=O) groups excluding carboxylic acids is 1. The van der Waals surface area contributed by atoms with Crippen LogP contribution in [0.5, 0.6) is 5.75 Å². The second kappa shape index (κ2) is 8.43. The summed E-state index contributed by atoms with van der Waals surface area (Å²) in [5.41, 5.74) is 0.821. The number of urea groups is 1. The van der Waals surface area contributed by atoms with E-state index in [1.807, 2.05) is 23.3 Å². The number of nitrogens with zero attached hydrogens (tertiary/aromatic N) is 3. The molecule has 8 nitrogen and oxygen atoms in total. The third kappa shape index (κ3) is 5.02. The molecule has 1 aliphatic rings. The minimum absolute atomic E-state index is 0.0531. The summed E-state index contributed by atoms with van der Waals surface area (Å²) in [6, 6.07) is 5.42. The second-order valence-corrected chi connectivity index (χ2v) is 6.96. The van der Waals surface area contributed by atoms with Crippen LogP contribution in [0.25, 0.3) is 10.2 Å². The van der Waals surface area contributed by atoms with Gasteiger partial charge in [-0.05, 0) is 25.6 Å². The number of fused-ring (bicyclic) bond motifs is 1. The van der Waals surface area contributed by atoms with Crippen LogP contribution in [0.1, 0.15) is 6.42 Å². The first-order valence-electron chi connectivity index (χ1n) is 8.32. The molecule has 0 bridgehead atoms. The molecule has 3 rings (SSSR count). The molecule has 25 heavy (non-hydrogen) atoms. The van der Waals surface area contributed by atoms with Gasteiger partial charge < -0.3 is 20.2 Å². The van der Waals surface area contributed by atoms with Gasteiger partial charge in [0.25, 0.3) is 0 Å². The van der Waals surface area contributed by atoms with E-state index in [1.165, 1.54) is 11.3 Å². The van der Waals surface area contributed by atoms with Crippen molar-refractivity contribution in [2.45, 2.75) is 6.42 Å². The smallest absolute Gasteiger partial charge is 0.321 e. The maximum atomic E-state index is 11.7. The molecule has 9 heteroatoms. The van der Waals surface area contributed by atoms with E-state index in [1.54, 1.807) is 0 Å². The number of thiazole rings is 1. The van der Waals surface area contributed by atoms with Gasteiger partial charge in [0.2, 0.25) is 0 Å². The molecule has 0 atom stereocenters. The second-order valence-electron chi connectivity index (χ2n) is 5.93. The lowest BCUT2D eigenvalue weighted by Crippen LogP contribution is -2.45. The van der Waals surface area contributed by atoms with Crippen LogP contribution in [-0.4, -0.2) is 72.5 Å². The Morgan fingerprint density at radius 1 is 1.36 bits per heavy atom. The number of aliphatic hydroxyl groups excluding tert-OH is 1. The molecule has 3 N–H and O–H groups in total. The topological polar surface area (TPSA) is 90.0 Å². The van der Waals surface area contributed by atoms with Crippen LogP contribution in [-0.2, 0) is 0 Å². The lowest BCUT2D eigenvalue weighted by molar-refractivity contribution is -0.0848. The summed E-state index contributed by atoms with van der Waals surface area (Å²) in [5.74, 6) is 0.777. The first kappa shape index (κ1) is 17.9. The van der Waals surface area contributed by atoms with Gasteiger partial charge >= 0.3 is 6.03 Å². The molecule has 0 saturated carbocycles. The number of amides is 2. The zero-order valence-corrected chi connectivity index (χ0v) is 15.0. The molecular weight excluding hydrogens is 342 g/mol. The highest BCUT2D eigenvalue weighted by Gasteiger charge is 2.16. The van der Waals surface area contributed by atoms with E-state index in [0.29, 0.717) is 18.1 Å². The highest BCUT2D eigenvalue weighted by Crippen LogP contribution is 2.29. The summed E-state index contributed by atoms with van der Waals surface area (Å²) in [6.07, 6.45) is 0.528. The Balaban J connectivity index is 1.60. The van der Waals surface area contributed by atoms with Crippen LogP contribution in [0.3, 0.4) is 0 Å². The molecule has 1 aliphatic heterocycles. The number of aliphatic hydroxyl groups is 1. The summed E-state index contributed by atoms with van der Waals surface area (Å²) in [6.45, 7) is 4.20. The van der Waals surface area contributed by atoms with E-state index in [2.05, 4.69) is 27.6 Å². The van der Waals surface area contributed by atoms with Crippen molar-refractivity contribution in [3.8, 4) is 5.75 Å². The van der Waals surface area contributed by atoms with Gasteiger partial charge in [0.15, 0.2) is 5.13 Å². The van der Waals surface area contributed by atoms with Crippen molar-refractivity contribution in [2.24, 2.45) is 0 Å². The van der Waals surface area contributed by atoms with Crippen molar-refractivity contribution in [1.29, 1.82) is 0 Å². The number of hydrogen-bond acceptors (Lipinski definition) is 7. The van der Waals surface area contributed by atoms with Crippen molar-refractivity contribution in [1.82, 2.24) is 20.3 Å². The van der Waals surface area contributed by atoms with E-state index >= 15 is 0 Å². The zero-order chi connectivity index (χ0) is 17.6. The van der Waals surface area contributed by atoms with Crippen molar-refractivity contribution < 1.29 is 14.7 Å². The number of rotatable bonds is 6. The average Bonchev–Trinajstić information content (AvgIpc) is 2.98. The number of hydroxylamine groups is 2. The van der Waals surface area contributed by atoms with Crippen molar-refractivity contribution >= 4 is 32.7 Å². The van der Waals surface area contributed by atoms with Gasteiger partial charge in [0.05, 0.1) is 10.2 Å². The summed E-state index contributed by atoms with van der Waals surface area (Å²) in [4.78, 5) is 24.4. The Morgan fingerprint density at radius 2 is 2.16 bits per heavy atom. The number of likely N-dealkylation sites (N-methyl/N-ethyl adjacent to an activating group) is 1. The molecule has 1 aromatic carbocycles. The van der Waals surface area contributed by atoms with Crippen LogP contribution in [0.2, 0.25) is 0 Å². The molecule has 2 amide bonds. The Morgan fingerprint density at radius 3 is 2.92 bits per heavy atom. The molecule has 0 aliphatic carbocycles. The number of carbonyl (C=O) groups is 1. The van der Waals surface area contributed by atoms with Crippen LogP contribution >= 0.6 is 11.3 Å². The van der Waals surface area contributed by atoms with Crippen LogP contribution in [0.15, 0.2) is 18.2 Å². The number of piperazine rings is 1. The van der Waals surface area contributed by atoms with Gasteiger partial charge in [0.1, 0.15) is 5.75 Å². The van der Waals surface area contributed by atoms with Crippen molar-refractivity contribution in [2.75, 3.05) is 51.7 Å². The normalized spacial score (nSPS) is 16.1. The molecule has 1 aromatic heterocycles. The van der Waals surface area contributed by atoms with Gasteiger partial charge in [-0.25, -0.2) is 9.78 Å². The Labute approximate surface area is 150 Å². The van der Waals surface area contributed by atoms with E-state index in [0.717, 1.165) is 42.1 Å². The maximum Gasteiger partial charge on any atom is 0.321 e. The molecule has 0 radical (unpaired) electrons. The number of hydrogen-bond donors (Lipinski definition) is 3. The number of benzene rings is 1. The minimum atomic E-state index is -0.318. The van der Waals surface area contributed by atoms with Crippen LogP contribution in [0.4, 0.5) is 9.93 Å². The van der Waals surface area contributed by atoms with E-state index in [4.69, 9.17) is 9.94 Å². The van der Waals surface area contributed by atoms with E-state index < -0.39 is 0 Å². The average molecular weight is 365 g/mol. The SMILES string of the molecule is CN1CCN(Oc2ccc3nc(NC(=O)NCCCO)sc3c2)CC1. The first-order chi connectivity index (χ1) is 12.1. The predicted molar refractivity (Wildman–Crippen MR) is 98.0 cm³/mol. The minimum Gasteiger partial charge on any atom is -0.406 e. The highest BCUT2D eigenvalue weighted by atomic mass is 32.1. The largest absolute Gasteiger partial charge is 0.406 e. The van der Waals surface area contributed by atoms with Crippen LogP contribution < -0.4 is 15.5 Å². The number of aromatic nitrogens is 1. The van der Waals surface area contributed by atoms with Gasteiger partial charge in [-0.2, -0.15) is 0 Å². The van der Waals surface area contributed by atoms with Gasteiger partial charge in [-0.15, -0.1) is 5.06 Å². The molecule has 1 fully saturated rings. The predicted octanol–water partition coefficient (Wildman–Crippen LogP) is 1.34. The van der Waals surface area contributed by atoms with Crippen molar-refractivity contribution in [3.05, 3.63) is 18.2 Å². The third-order valence-corrected chi connectivity index (χ3v) is 4.83. The van der Waals surface area contributed by atoms with Gasteiger partial charge in [-0.3, -0.25) is 5.32 Å². The zero-order valence-electron chi connectivity index (χ0n) is 14.2. The maximum absolute atomic E-state index is 11.7. The quantitative estimate of drug-likeness (QED) is 0.670. The fraction of sp³-hybridized carbons (Fsp3) is 0.500. The Bertz CT molecular complexity index is 715. The van der Waals surface area contributed by atoms with E-state index in [-0.39, 0.29) is 12.6 Å². The fourth-order valence-electron chi connectivity index (χ4n) is 2.47. The summed E-state index contributed by atoms with van der Waals surface area (Å²) >= 11 is 1.40. The first-order valence-corrected chi connectivity index (χ1v) is 9.13.